The first-order chi connectivity index (χ1) is 10.1. The van der Waals surface area contributed by atoms with Crippen molar-refractivity contribution >= 4 is 0 Å². The average Bonchev–Trinajstić information content (AvgIpc) is 2.47. The summed E-state index contributed by atoms with van der Waals surface area (Å²) in [4.78, 5) is 0. The lowest BCUT2D eigenvalue weighted by atomic mass is 9.99. The Morgan fingerprint density at radius 1 is 0.952 bits per heavy atom. The van der Waals surface area contributed by atoms with Crippen LogP contribution in [0.5, 0.6) is 0 Å². The van der Waals surface area contributed by atoms with E-state index in [9.17, 15) is 8.78 Å². The van der Waals surface area contributed by atoms with Gasteiger partial charge in [-0.1, -0.05) is 49.7 Å². The first-order valence-corrected chi connectivity index (χ1v) is 7.38. The first-order valence-electron chi connectivity index (χ1n) is 7.38. The zero-order valence-corrected chi connectivity index (χ0v) is 12.4. The minimum Gasteiger partial charge on any atom is -0.303 e. The van der Waals surface area contributed by atoms with Crippen molar-refractivity contribution in [2.45, 2.75) is 38.8 Å². The van der Waals surface area contributed by atoms with Crippen LogP contribution in [0.2, 0.25) is 0 Å². The van der Waals surface area contributed by atoms with Crippen LogP contribution < -0.4 is 5.32 Å². The van der Waals surface area contributed by atoms with Crippen molar-refractivity contribution in [2.75, 3.05) is 0 Å². The number of rotatable bonds is 6. The second kappa shape index (κ2) is 7.32. The Bertz CT molecular complexity index is 548. The highest BCUT2D eigenvalue weighted by atomic mass is 19.1. The van der Waals surface area contributed by atoms with E-state index in [-0.39, 0.29) is 17.6 Å². The van der Waals surface area contributed by atoms with E-state index >= 15 is 0 Å². The fourth-order valence-electron chi connectivity index (χ4n) is 2.63. The van der Waals surface area contributed by atoms with Gasteiger partial charge in [0.2, 0.25) is 0 Å². The SMILES string of the molecule is CCCC(NC(C)c1c(F)cccc1F)c1ccccc1. The van der Waals surface area contributed by atoms with Gasteiger partial charge >= 0.3 is 0 Å². The molecule has 0 bridgehead atoms. The molecule has 0 saturated carbocycles. The van der Waals surface area contributed by atoms with Gasteiger partial charge in [-0.25, -0.2) is 8.78 Å². The average molecular weight is 289 g/mol. The molecule has 1 nitrogen and oxygen atoms in total. The molecule has 112 valence electrons. The molecule has 2 aromatic rings. The van der Waals surface area contributed by atoms with E-state index in [0.29, 0.717) is 0 Å². The Morgan fingerprint density at radius 3 is 2.14 bits per heavy atom. The molecule has 0 aliphatic rings. The molecule has 0 saturated heterocycles. The quantitative estimate of drug-likeness (QED) is 0.774. The molecule has 3 heteroatoms. The van der Waals surface area contributed by atoms with Gasteiger partial charge in [-0.05, 0) is 31.0 Å². The van der Waals surface area contributed by atoms with Gasteiger partial charge in [0.15, 0.2) is 0 Å². The van der Waals surface area contributed by atoms with E-state index in [1.165, 1.54) is 18.2 Å². The van der Waals surface area contributed by atoms with Crippen LogP contribution in [0.3, 0.4) is 0 Å². The van der Waals surface area contributed by atoms with E-state index in [1.807, 2.05) is 30.3 Å². The molecule has 0 fully saturated rings. The van der Waals surface area contributed by atoms with Crippen LogP contribution in [0, 0.1) is 11.6 Å². The monoisotopic (exact) mass is 289 g/mol. The minimum absolute atomic E-state index is 0.0882. The van der Waals surface area contributed by atoms with Crippen LogP contribution in [0.25, 0.3) is 0 Å². The summed E-state index contributed by atoms with van der Waals surface area (Å²) in [6.07, 6.45) is 1.92. The fraction of sp³-hybridized carbons (Fsp3) is 0.333. The van der Waals surface area contributed by atoms with Gasteiger partial charge in [0.05, 0.1) is 0 Å². The van der Waals surface area contributed by atoms with Crippen LogP contribution in [0.4, 0.5) is 8.78 Å². The molecule has 0 spiro atoms. The maximum atomic E-state index is 13.9. The molecule has 0 aromatic heterocycles. The van der Waals surface area contributed by atoms with Crippen LogP contribution in [-0.4, -0.2) is 0 Å². The van der Waals surface area contributed by atoms with Gasteiger partial charge in [-0.15, -0.1) is 0 Å². The maximum Gasteiger partial charge on any atom is 0.130 e. The van der Waals surface area contributed by atoms with Crippen molar-refractivity contribution in [1.29, 1.82) is 0 Å². The number of hydrogen-bond acceptors (Lipinski definition) is 1. The molecule has 2 rings (SSSR count). The number of nitrogens with one attached hydrogen (secondary N) is 1. The molecular formula is C18H21F2N. The molecular weight excluding hydrogens is 268 g/mol. The zero-order chi connectivity index (χ0) is 15.2. The largest absolute Gasteiger partial charge is 0.303 e. The lowest BCUT2D eigenvalue weighted by Crippen LogP contribution is -2.26. The zero-order valence-electron chi connectivity index (χ0n) is 12.4. The topological polar surface area (TPSA) is 12.0 Å². The molecule has 0 heterocycles. The van der Waals surface area contributed by atoms with Crippen LogP contribution in [0.1, 0.15) is 49.9 Å². The molecule has 0 aliphatic heterocycles. The summed E-state index contributed by atoms with van der Waals surface area (Å²) >= 11 is 0. The molecule has 21 heavy (non-hydrogen) atoms. The second-order valence-electron chi connectivity index (χ2n) is 5.28. The van der Waals surface area contributed by atoms with E-state index in [0.717, 1.165) is 18.4 Å². The molecule has 0 amide bonds. The van der Waals surface area contributed by atoms with E-state index in [1.54, 1.807) is 6.92 Å². The third-order valence-electron chi connectivity index (χ3n) is 3.66. The molecule has 0 radical (unpaired) electrons. The van der Waals surface area contributed by atoms with E-state index < -0.39 is 11.6 Å². The number of benzene rings is 2. The van der Waals surface area contributed by atoms with Crippen molar-refractivity contribution in [3.63, 3.8) is 0 Å². The maximum absolute atomic E-state index is 13.9. The lowest BCUT2D eigenvalue weighted by molar-refractivity contribution is 0.414. The summed E-state index contributed by atoms with van der Waals surface area (Å²) in [5.74, 6) is -1.00. The van der Waals surface area contributed by atoms with Gasteiger partial charge in [-0.2, -0.15) is 0 Å². The summed E-state index contributed by atoms with van der Waals surface area (Å²) in [5.41, 5.74) is 1.25. The smallest absolute Gasteiger partial charge is 0.130 e. The second-order valence-corrected chi connectivity index (χ2v) is 5.28. The van der Waals surface area contributed by atoms with Crippen LogP contribution >= 0.6 is 0 Å². The molecule has 1 N–H and O–H groups in total. The van der Waals surface area contributed by atoms with Gasteiger partial charge in [0.1, 0.15) is 11.6 Å². The van der Waals surface area contributed by atoms with Crippen molar-refractivity contribution < 1.29 is 8.78 Å². The Morgan fingerprint density at radius 2 is 1.57 bits per heavy atom. The van der Waals surface area contributed by atoms with Crippen molar-refractivity contribution in [3.05, 3.63) is 71.3 Å². The van der Waals surface area contributed by atoms with Crippen molar-refractivity contribution in [1.82, 2.24) is 5.32 Å². The van der Waals surface area contributed by atoms with E-state index in [4.69, 9.17) is 0 Å². The Balaban J connectivity index is 2.21. The predicted octanol–water partition coefficient (Wildman–Crippen LogP) is 5.16. The highest BCUT2D eigenvalue weighted by Gasteiger charge is 2.19. The van der Waals surface area contributed by atoms with Gasteiger partial charge in [0, 0.05) is 17.6 Å². The van der Waals surface area contributed by atoms with Gasteiger partial charge < -0.3 is 5.32 Å². The third-order valence-corrected chi connectivity index (χ3v) is 3.66. The summed E-state index contributed by atoms with van der Waals surface area (Å²) in [6.45, 7) is 3.90. The highest BCUT2D eigenvalue weighted by molar-refractivity contribution is 5.24. The normalized spacial score (nSPS) is 13.9. The van der Waals surface area contributed by atoms with Gasteiger partial charge in [-0.3, -0.25) is 0 Å². The van der Waals surface area contributed by atoms with Crippen molar-refractivity contribution in [2.24, 2.45) is 0 Å². The molecule has 2 unspecified atom stereocenters. The summed E-state index contributed by atoms with van der Waals surface area (Å²) < 4.78 is 27.7. The first kappa shape index (κ1) is 15.6. The van der Waals surface area contributed by atoms with E-state index in [2.05, 4.69) is 12.2 Å². The third kappa shape index (κ3) is 3.88. The fourth-order valence-corrected chi connectivity index (χ4v) is 2.63. The molecule has 2 atom stereocenters. The van der Waals surface area contributed by atoms with Crippen LogP contribution in [0.15, 0.2) is 48.5 Å². The van der Waals surface area contributed by atoms with Gasteiger partial charge in [0.25, 0.3) is 0 Å². The Hall–Kier alpha value is -1.74. The Kier molecular flexibility index (Phi) is 5.45. The number of halogens is 2. The highest BCUT2D eigenvalue weighted by Crippen LogP contribution is 2.26. The Labute approximate surface area is 125 Å². The van der Waals surface area contributed by atoms with Crippen molar-refractivity contribution in [3.8, 4) is 0 Å². The summed E-state index contributed by atoms with van der Waals surface area (Å²) in [6, 6.07) is 13.7. The van der Waals surface area contributed by atoms with Crippen LogP contribution in [-0.2, 0) is 0 Å². The minimum atomic E-state index is -0.502. The standard InChI is InChI=1S/C18H21F2N/c1-3-8-17(14-9-5-4-6-10-14)21-13(2)18-15(19)11-7-12-16(18)20/h4-7,9-13,17,21H,3,8H2,1-2H3. The summed E-state index contributed by atoms with van der Waals surface area (Å²) in [5, 5.41) is 3.35. The number of hydrogen-bond donors (Lipinski definition) is 1. The predicted molar refractivity (Wildman–Crippen MR) is 82.0 cm³/mol. The molecule has 0 aliphatic carbocycles. The summed E-state index contributed by atoms with van der Waals surface area (Å²) in [7, 11) is 0. The lowest BCUT2D eigenvalue weighted by Gasteiger charge is -2.24. The molecule has 2 aromatic carbocycles.